The molecule has 0 aromatic heterocycles. The Kier molecular flexibility index (Phi) is 7.53. The van der Waals surface area contributed by atoms with Crippen LogP contribution in [0.1, 0.15) is 41.0 Å². The Morgan fingerprint density at radius 2 is 1.79 bits per heavy atom. The average Bonchev–Trinajstić information content (AvgIpc) is 2.72. The number of carbonyl (C=O) groups is 2. The Hall–Kier alpha value is -3.62. The zero-order valence-corrected chi connectivity index (χ0v) is 16.4. The SMILES string of the molecule is CCCOC(=O)c1ccc(NC(=O)c2cc(OCC)c(OC)cc2[N+](=O)[O-])cc1. The Bertz CT molecular complexity index is 894. The van der Waals surface area contributed by atoms with E-state index < -0.39 is 22.5 Å². The first kappa shape index (κ1) is 21.7. The number of nitrogens with zero attached hydrogens (tertiary/aromatic N) is 1. The minimum absolute atomic E-state index is 0.157. The van der Waals surface area contributed by atoms with Crippen LogP contribution in [0.2, 0.25) is 0 Å². The molecular formula is C20H22N2O7. The summed E-state index contributed by atoms with van der Waals surface area (Å²) in [7, 11) is 1.36. The van der Waals surface area contributed by atoms with Crippen LogP contribution in [0.5, 0.6) is 11.5 Å². The van der Waals surface area contributed by atoms with E-state index in [4.69, 9.17) is 14.2 Å². The van der Waals surface area contributed by atoms with Crippen molar-refractivity contribution in [3.63, 3.8) is 0 Å². The number of rotatable bonds is 9. The molecule has 1 N–H and O–H groups in total. The zero-order chi connectivity index (χ0) is 21.4. The second kappa shape index (κ2) is 10.1. The zero-order valence-electron chi connectivity index (χ0n) is 16.4. The minimum Gasteiger partial charge on any atom is -0.493 e. The lowest BCUT2D eigenvalue weighted by Crippen LogP contribution is -2.15. The summed E-state index contributed by atoms with van der Waals surface area (Å²) in [5, 5.41) is 14.0. The van der Waals surface area contributed by atoms with Gasteiger partial charge in [0.05, 0.1) is 36.9 Å². The highest BCUT2D eigenvalue weighted by atomic mass is 16.6. The van der Waals surface area contributed by atoms with Gasteiger partial charge in [-0.25, -0.2) is 4.79 Å². The summed E-state index contributed by atoms with van der Waals surface area (Å²) < 4.78 is 15.5. The highest BCUT2D eigenvalue weighted by molar-refractivity contribution is 6.07. The molecule has 0 spiro atoms. The highest BCUT2D eigenvalue weighted by Crippen LogP contribution is 2.35. The van der Waals surface area contributed by atoms with Crippen molar-refractivity contribution in [2.75, 3.05) is 25.6 Å². The molecule has 2 aromatic carbocycles. The summed E-state index contributed by atoms with van der Waals surface area (Å²) in [5.41, 5.74) is 0.115. The Morgan fingerprint density at radius 1 is 1.10 bits per heavy atom. The number of carbonyl (C=O) groups excluding carboxylic acids is 2. The maximum atomic E-state index is 12.7. The molecule has 0 aliphatic carbocycles. The van der Waals surface area contributed by atoms with Gasteiger partial charge in [-0.05, 0) is 37.6 Å². The first-order valence-electron chi connectivity index (χ1n) is 8.99. The molecule has 0 saturated carbocycles. The summed E-state index contributed by atoms with van der Waals surface area (Å²) in [6.07, 6.45) is 0.713. The number of anilines is 1. The molecule has 0 heterocycles. The van der Waals surface area contributed by atoms with E-state index in [9.17, 15) is 19.7 Å². The second-order valence-electron chi connectivity index (χ2n) is 5.88. The van der Waals surface area contributed by atoms with Crippen molar-refractivity contribution in [2.24, 2.45) is 0 Å². The molecule has 0 radical (unpaired) electrons. The van der Waals surface area contributed by atoms with Gasteiger partial charge in [-0.15, -0.1) is 0 Å². The van der Waals surface area contributed by atoms with Crippen molar-refractivity contribution in [1.82, 2.24) is 0 Å². The fraction of sp³-hybridized carbons (Fsp3) is 0.300. The number of esters is 1. The van der Waals surface area contributed by atoms with E-state index in [1.54, 1.807) is 6.92 Å². The van der Waals surface area contributed by atoms with Gasteiger partial charge in [-0.1, -0.05) is 6.92 Å². The summed E-state index contributed by atoms with van der Waals surface area (Å²) in [5.74, 6) is -0.775. The van der Waals surface area contributed by atoms with Crippen molar-refractivity contribution in [2.45, 2.75) is 20.3 Å². The predicted molar refractivity (Wildman–Crippen MR) is 106 cm³/mol. The molecule has 0 unspecified atom stereocenters. The van der Waals surface area contributed by atoms with E-state index in [1.165, 1.54) is 37.4 Å². The first-order valence-corrected chi connectivity index (χ1v) is 8.99. The normalized spacial score (nSPS) is 10.2. The monoisotopic (exact) mass is 402 g/mol. The molecule has 0 aliphatic rings. The van der Waals surface area contributed by atoms with E-state index in [2.05, 4.69) is 5.32 Å². The molecule has 0 saturated heterocycles. The lowest BCUT2D eigenvalue weighted by atomic mass is 10.1. The standard InChI is InChI=1S/C20H22N2O7/c1-4-10-29-20(24)13-6-8-14(9-7-13)21-19(23)15-11-18(28-5-2)17(27-3)12-16(15)22(25)26/h6-9,11-12H,4-5,10H2,1-3H3,(H,21,23). The Labute approximate surface area is 167 Å². The quantitative estimate of drug-likeness (QED) is 0.385. The van der Waals surface area contributed by atoms with Crippen molar-refractivity contribution >= 4 is 23.3 Å². The number of ether oxygens (including phenoxy) is 3. The third-order valence-electron chi connectivity index (χ3n) is 3.84. The molecule has 29 heavy (non-hydrogen) atoms. The molecule has 0 fully saturated rings. The minimum atomic E-state index is -0.693. The van der Waals surface area contributed by atoms with Crippen LogP contribution in [0, 0.1) is 10.1 Å². The Morgan fingerprint density at radius 3 is 2.34 bits per heavy atom. The largest absolute Gasteiger partial charge is 0.493 e. The summed E-state index contributed by atoms with van der Waals surface area (Å²) in [6, 6.07) is 8.45. The van der Waals surface area contributed by atoms with Gasteiger partial charge < -0.3 is 19.5 Å². The van der Waals surface area contributed by atoms with Gasteiger partial charge in [0.2, 0.25) is 0 Å². The smallest absolute Gasteiger partial charge is 0.338 e. The number of methoxy groups -OCH3 is 1. The fourth-order valence-corrected chi connectivity index (χ4v) is 2.48. The van der Waals surface area contributed by atoms with E-state index in [-0.39, 0.29) is 17.1 Å². The van der Waals surface area contributed by atoms with Gasteiger partial charge in [0.15, 0.2) is 11.5 Å². The molecular weight excluding hydrogens is 380 g/mol. The maximum absolute atomic E-state index is 12.7. The number of hydrogen-bond acceptors (Lipinski definition) is 7. The number of hydrogen-bond donors (Lipinski definition) is 1. The fourth-order valence-electron chi connectivity index (χ4n) is 2.48. The molecule has 0 atom stereocenters. The number of nitro groups is 1. The molecule has 1 amide bonds. The summed E-state index contributed by atoms with van der Waals surface area (Å²) in [6.45, 7) is 4.25. The van der Waals surface area contributed by atoms with E-state index >= 15 is 0 Å². The van der Waals surface area contributed by atoms with Crippen LogP contribution in [-0.2, 0) is 4.74 Å². The van der Waals surface area contributed by atoms with Crippen LogP contribution in [0.3, 0.4) is 0 Å². The molecule has 2 aromatic rings. The third kappa shape index (κ3) is 5.44. The first-order chi connectivity index (χ1) is 13.9. The van der Waals surface area contributed by atoms with Crippen molar-refractivity contribution in [3.8, 4) is 11.5 Å². The van der Waals surface area contributed by atoms with Crippen molar-refractivity contribution in [1.29, 1.82) is 0 Å². The van der Waals surface area contributed by atoms with Crippen LogP contribution in [0.15, 0.2) is 36.4 Å². The van der Waals surface area contributed by atoms with Crippen LogP contribution in [0.25, 0.3) is 0 Å². The lowest BCUT2D eigenvalue weighted by Gasteiger charge is -2.12. The average molecular weight is 402 g/mol. The molecule has 154 valence electrons. The molecule has 9 nitrogen and oxygen atoms in total. The van der Waals surface area contributed by atoms with Gasteiger partial charge in [0, 0.05) is 11.8 Å². The van der Waals surface area contributed by atoms with Crippen molar-refractivity contribution < 1.29 is 28.7 Å². The number of amides is 1. The van der Waals surface area contributed by atoms with E-state index in [0.717, 1.165) is 6.07 Å². The van der Waals surface area contributed by atoms with Gasteiger partial charge >= 0.3 is 5.97 Å². The summed E-state index contributed by atoms with van der Waals surface area (Å²) >= 11 is 0. The topological polar surface area (TPSA) is 117 Å². The molecule has 0 aliphatic heterocycles. The highest BCUT2D eigenvalue weighted by Gasteiger charge is 2.25. The van der Waals surface area contributed by atoms with Gasteiger partial charge in [0.1, 0.15) is 5.56 Å². The molecule has 9 heteroatoms. The summed E-state index contributed by atoms with van der Waals surface area (Å²) in [4.78, 5) is 35.2. The number of nitrogens with one attached hydrogen (secondary N) is 1. The van der Waals surface area contributed by atoms with Crippen LogP contribution < -0.4 is 14.8 Å². The lowest BCUT2D eigenvalue weighted by molar-refractivity contribution is -0.385. The van der Waals surface area contributed by atoms with Gasteiger partial charge in [-0.2, -0.15) is 0 Å². The van der Waals surface area contributed by atoms with Crippen LogP contribution in [0.4, 0.5) is 11.4 Å². The Balaban J connectivity index is 2.26. The number of nitro benzene ring substituents is 1. The van der Waals surface area contributed by atoms with Gasteiger partial charge in [-0.3, -0.25) is 14.9 Å². The maximum Gasteiger partial charge on any atom is 0.338 e. The van der Waals surface area contributed by atoms with Crippen LogP contribution >= 0.6 is 0 Å². The van der Waals surface area contributed by atoms with E-state index in [0.29, 0.717) is 30.9 Å². The van der Waals surface area contributed by atoms with Gasteiger partial charge in [0.25, 0.3) is 11.6 Å². The molecule has 0 bridgehead atoms. The third-order valence-corrected chi connectivity index (χ3v) is 3.84. The second-order valence-corrected chi connectivity index (χ2v) is 5.88. The van der Waals surface area contributed by atoms with Crippen molar-refractivity contribution in [3.05, 3.63) is 57.6 Å². The number of benzene rings is 2. The van der Waals surface area contributed by atoms with Crippen LogP contribution in [-0.4, -0.2) is 37.1 Å². The predicted octanol–water partition coefficient (Wildman–Crippen LogP) is 3.82. The van der Waals surface area contributed by atoms with E-state index in [1.807, 2.05) is 6.92 Å². The molecule has 2 rings (SSSR count).